The first-order valence-electron chi connectivity index (χ1n) is 4.65. The minimum atomic E-state index is -0.885. The van der Waals surface area contributed by atoms with E-state index in [1.54, 1.807) is 0 Å². The Morgan fingerprint density at radius 2 is 2.00 bits per heavy atom. The molecule has 0 fully saturated rings. The Kier molecular flexibility index (Phi) is 8.24. The van der Waals surface area contributed by atoms with Crippen LogP contribution in [0.2, 0.25) is 0 Å². The molecule has 0 rings (SSSR count). The fourth-order valence-corrected chi connectivity index (χ4v) is 1.58. The van der Waals surface area contributed by atoms with E-state index >= 15 is 0 Å². The monoisotopic (exact) mass is 205 g/mol. The van der Waals surface area contributed by atoms with Gasteiger partial charge in [-0.3, -0.25) is 4.79 Å². The zero-order chi connectivity index (χ0) is 10.1. The fraction of sp³-hybridized carbons (Fsp3) is 0.889. The molecule has 0 radical (unpaired) electrons. The standard InChI is InChI=1S/C9H19NO2S/c1-13-7-5-3-2-4-6-8(10)9(11)12/h8H,2-7,10H2,1H3,(H,11,12)/t8-/m1/s1. The highest BCUT2D eigenvalue weighted by Crippen LogP contribution is 2.07. The summed E-state index contributed by atoms with van der Waals surface area (Å²) in [6.45, 7) is 0. The number of carboxylic acid groups (broad SMARTS) is 1. The predicted molar refractivity (Wildman–Crippen MR) is 57.1 cm³/mol. The summed E-state index contributed by atoms with van der Waals surface area (Å²) in [7, 11) is 0. The van der Waals surface area contributed by atoms with Crippen LogP contribution < -0.4 is 5.73 Å². The summed E-state index contributed by atoms with van der Waals surface area (Å²) < 4.78 is 0. The highest BCUT2D eigenvalue weighted by atomic mass is 32.2. The van der Waals surface area contributed by atoms with Crippen LogP contribution in [0.3, 0.4) is 0 Å². The number of unbranched alkanes of at least 4 members (excludes halogenated alkanes) is 3. The van der Waals surface area contributed by atoms with Gasteiger partial charge in [0, 0.05) is 0 Å². The highest BCUT2D eigenvalue weighted by molar-refractivity contribution is 7.98. The zero-order valence-corrected chi connectivity index (χ0v) is 8.98. The van der Waals surface area contributed by atoms with E-state index in [4.69, 9.17) is 10.8 Å². The number of carbonyl (C=O) groups is 1. The number of hydrogen-bond acceptors (Lipinski definition) is 3. The highest BCUT2D eigenvalue weighted by Gasteiger charge is 2.09. The van der Waals surface area contributed by atoms with Crippen molar-refractivity contribution in [2.75, 3.05) is 12.0 Å². The molecule has 0 aliphatic rings. The molecule has 4 heteroatoms. The summed E-state index contributed by atoms with van der Waals surface area (Å²) in [6.07, 6.45) is 7.15. The van der Waals surface area contributed by atoms with Crippen molar-refractivity contribution in [1.29, 1.82) is 0 Å². The molecule has 0 spiro atoms. The smallest absolute Gasteiger partial charge is 0.320 e. The van der Waals surface area contributed by atoms with Crippen LogP contribution in [0.25, 0.3) is 0 Å². The number of rotatable bonds is 8. The average Bonchev–Trinajstić information content (AvgIpc) is 2.10. The van der Waals surface area contributed by atoms with Crippen molar-refractivity contribution in [3.63, 3.8) is 0 Å². The number of thioether (sulfide) groups is 1. The Morgan fingerprint density at radius 3 is 2.54 bits per heavy atom. The summed E-state index contributed by atoms with van der Waals surface area (Å²) in [5.74, 6) is 0.314. The van der Waals surface area contributed by atoms with Crippen molar-refractivity contribution in [3.05, 3.63) is 0 Å². The van der Waals surface area contributed by atoms with Gasteiger partial charge in [-0.1, -0.05) is 19.3 Å². The molecule has 3 nitrogen and oxygen atoms in total. The average molecular weight is 205 g/mol. The van der Waals surface area contributed by atoms with Crippen LogP contribution in [0, 0.1) is 0 Å². The first-order chi connectivity index (χ1) is 6.18. The third kappa shape index (κ3) is 8.12. The maximum absolute atomic E-state index is 10.3. The van der Waals surface area contributed by atoms with Crippen LogP contribution in [0.1, 0.15) is 32.1 Å². The van der Waals surface area contributed by atoms with Crippen molar-refractivity contribution in [2.45, 2.75) is 38.1 Å². The molecule has 0 heterocycles. The van der Waals surface area contributed by atoms with E-state index in [-0.39, 0.29) is 0 Å². The lowest BCUT2D eigenvalue weighted by atomic mass is 10.1. The van der Waals surface area contributed by atoms with E-state index in [0.29, 0.717) is 6.42 Å². The van der Waals surface area contributed by atoms with Gasteiger partial charge in [0.2, 0.25) is 0 Å². The van der Waals surface area contributed by atoms with Crippen LogP contribution in [-0.2, 0) is 4.79 Å². The second kappa shape index (κ2) is 8.38. The van der Waals surface area contributed by atoms with Gasteiger partial charge in [0.15, 0.2) is 0 Å². The minimum Gasteiger partial charge on any atom is -0.480 e. The second-order valence-corrected chi connectivity index (χ2v) is 4.13. The topological polar surface area (TPSA) is 63.3 Å². The molecular formula is C9H19NO2S. The van der Waals surface area contributed by atoms with Crippen LogP contribution in [0.15, 0.2) is 0 Å². The lowest BCUT2D eigenvalue weighted by Gasteiger charge is -2.05. The fourth-order valence-electron chi connectivity index (χ4n) is 1.09. The first-order valence-corrected chi connectivity index (χ1v) is 6.05. The molecular weight excluding hydrogens is 186 g/mol. The number of aliphatic carboxylic acids is 1. The van der Waals surface area contributed by atoms with Crippen LogP contribution in [0.4, 0.5) is 0 Å². The molecule has 3 N–H and O–H groups in total. The maximum atomic E-state index is 10.3. The number of nitrogens with two attached hydrogens (primary N) is 1. The third-order valence-corrected chi connectivity index (χ3v) is 2.63. The molecule has 1 atom stereocenters. The normalized spacial score (nSPS) is 12.8. The quantitative estimate of drug-likeness (QED) is 0.592. The molecule has 13 heavy (non-hydrogen) atoms. The second-order valence-electron chi connectivity index (χ2n) is 3.14. The Balaban J connectivity index is 3.11. The van der Waals surface area contributed by atoms with Crippen molar-refractivity contribution in [1.82, 2.24) is 0 Å². The van der Waals surface area contributed by atoms with Crippen molar-refractivity contribution < 1.29 is 9.90 Å². The Bertz CT molecular complexity index is 142. The van der Waals surface area contributed by atoms with Crippen LogP contribution >= 0.6 is 11.8 Å². The van der Waals surface area contributed by atoms with Gasteiger partial charge in [-0.05, 0) is 24.9 Å². The van der Waals surface area contributed by atoms with Crippen LogP contribution in [0.5, 0.6) is 0 Å². The van der Waals surface area contributed by atoms with E-state index in [1.807, 2.05) is 11.8 Å². The summed E-state index contributed by atoms with van der Waals surface area (Å²) in [6, 6.07) is -0.666. The molecule has 0 aliphatic carbocycles. The molecule has 0 amide bonds. The van der Waals surface area contributed by atoms with Gasteiger partial charge in [-0.25, -0.2) is 0 Å². The summed E-state index contributed by atoms with van der Waals surface area (Å²) in [5, 5.41) is 8.49. The number of hydrogen-bond donors (Lipinski definition) is 2. The lowest BCUT2D eigenvalue weighted by molar-refractivity contribution is -0.138. The van der Waals surface area contributed by atoms with E-state index in [2.05, 4.69) is 6.26 Å². The molecule has 0 bridgehead atoms. The molecule has 0 aromatic heterocycles. The zero-order valence-electron chi connectivity index (χ0n) is 8.16. The molecule has 0 saturated carbocycles. The van der Waals surface area contributed by atoms with Gasteiger partial charge in [-0.15, -0.1) is 0 Å². The van der Waals surface area contributed by atoms with Crippen molar-refractivity contribution >= 4 is 17.7 Å². The molecule has 0 aliphatic heterocycles. The molecule has 0 aromatic carbocycles. The summed E-state index contributed by atoms with van der Waals surface area (Å²) in [5.41, 5.74) is 5.35. The predicted octanol–water partition coefficient (Wildman–Crippen LogP) is 1.71. The van der Waals surface area contributed by atoms with Crippen LogP contribution in [-0.4, -0.2) is 29.1 Å². The van der Waals surface area contributed by atoms with Gasteiger partial charge < -0.3 is 10.8 Å². The number of carboxylic acids is 1. The van der Waals surface area contributed by atoms with E-state index in [0.717, 1.165) is 12.8 Å². The summed E-state index contributed by atoms with van der Waals surface area (Å²) in [4.78, 5) is 10.3. The van der Waals surface area contributed by atoms with Gasteiger partial charge in [-0.2, -0.15) is 11.8 Å². The van der Waals surface area contributed by atoms with E-state index < -0.39 is 12.0 Å². The van der Waals surface area contributed by atoms with E-state index in [1.165, 1.54) is 18.6 Å². The largest absolute Gasteiger partial charge is 0.480 e. The van der Waals surface area contributed by atoms with Crippen molar-refractivity contribution in [3.8, 4) is 0 Å². The maximum Gasteiger partial charge on any atom is 0.320 e. The van der Waals surface area contributed by atoms with E-state index in [9.17, 15) is 4.79 Å². The Labute approximate surface area is 84.1 Å². The molecule has 0 saturated heterocycles. The SMILES string of the molecule is CSCCCCCC[C@@H](N)C(=O)O. The Morgan fingerprint density at radius 1 is 1.38 bits per heavy atom. The first kappa shape index (κ1) is 12.8. The summed E-state index contributed by atoms with van der Waals surface area (Å²) >= 11 is 1.85. The minimum absolute atomic E-state index is 0.606. The van der Waals surface area contributed by atoms with Gasteiger partial charge in [0.05, 0.1) is 0 Å². The van der Waals surface area contributed by atoms with Gasteiger partial charge >= 0.3 is 5.97 Å². The molecule has 78 valence electrons. The van der Waals surface area contributed by atoms with Crippen molar-refractivity contribution in [2.24, 2.45) is 5.73 Å². The van der Waals surface area contributed by atoms with Gasteiger partial charge in [0.25, 0.3) is 0 Å². The molecule has 0 aromatic rings. The Hall–Kier alpha value is -0.220. The molecule has 0 unspecified atom stereocenters. The lowest BCUT2D eigenvalue weighted by Crippen LogP contribution is -2.29. The third-order valence-electron chi connectivity index (χ3n) is 1.93. The van der Waals surface area contributed by atoms with Gasteiger partial charge in [0.1, 0.15) is 6.04 Å².